The molecule has 0 saturated carbocycles. The zero-order valence-electron chi connectivity index (χ0n) is 11.2. The summed E-state index contributed by atoms with van der Waals surface area (Å²) in [6.07, 6.45) is 3.43. The molecule has 0 fully saturated rings. The van der Waals surface area contributed by atoms with E-state index in [1.165, 1.54) is 11.3 Å². The molecule has 108 valence electrons. The third kappa shape index (κ3) is 2.81. The SMILES string of the molecule is CN(Cc1cc(Br)cs1)C(=O)c1sc2cnccc2c1N. The Balaban J connectivity index is 1.87. The van der Waals surface area contributed by atoms with Crippen LogP contribution in [0.15, 0.2) is 34.4 Å². The number of thiophene rings is 2. The Kier molecular flexibility index (Phi) is 3.97. The van der Waals surface area contributed by atoms with Crippen LogP contribution in [0.2, 0.25) is 0 Å². The maximum Gasteiger partial charge on any atom is 0.266 e. The Morgan fingerprint density at radius 2 is 2.33 bits per heavy atom. The van der Waals surface area contributed by atoms with Gasteiger partial charge in [0.15, 0.2) is 0 Å². The summed E-state index contributed by atoms with van der Waals surface area (Å²) in [6.45, 7) is 0.570. The predicted molar refractivity (Wildman–Crippen MR) is 91.8 cm³/mol. The number of carbonyl (C=O) groups is 1. The molecule has 2 N–H and O–H groups in total. The largest absolute Gasteiger partial charge is 0.397 e. The highest BCUT2D eigenvalue weighted by Crippen LogP contribution is 2.34. The first-order valence-corrected chi connectivity index (χ1v) is 8.65. The lowest BCUT2D eigenvalue weighted by molar-refractivity contribution is 0.0792. The molecule has 0 aliphatic rings. The third-order valence-corrected chi connectivity index (χ3v) is 5.91. The van der Waals surface area contributed by atoms with Gasteiger partial charge in [0.05, 0.1) is 16.9 Å². The van der Waals surface area contributed by atoms with Crippen LogP contribution in [0.4, 0.5) is 5.69 Å². The second kappa shape index (κ2) is 5.75. The number of pyridine rings is 1. The molecular formula is C14H12BrN3OS2. The first-order chi connectivity index (χ1) is 10.1. The smallest absolute Gasteiger partial charge is 0.266 e. The lowest BCUT2D eigenvalue weighted by Crippen LogP contribution is -2.25. The molecule has 0 aromatic carbocycles. The van der Waals surface area contributed by atoms with Crippen molar-refractivity contribution in [3.05, 3.63) is 44.1 Å². The van der Waals surface area contributed by atoms with Crippen molar-refractivity contribution in [3.8, 4) is 0 Å². The molecule has 3 aromatic heterocycles. The van der Waals surface area contributed by atoms with Crippen molar-refractivity contribution >= 4 is 60.3 Å². The van der Waals surface area contributed by atoms with Gasteiger partial charge in [-0.3, -0.25) is 9.78 Å². The van der Waals surface area contributed by atoms with Crippen LogP contribution in [-0.2, 0) is 6.54 Å². The fraction of sp³-hybridized carbons (Fsp3) is 0.143. The molecule has 7 heteroatoms. The highest BCUT2D eigenvalue weighted by atomic mass is 79.9. The van der Waals surface area contributed by atoms with Crippen LogP contribution in [0.3, 0.4) is 0 Å². The van der Waals surface area contributed by atoms with Gasteiger partial charge in [0.25, 0.3) is 5.91 Å². The summed E-state index contributed by atoms with van der Waals surface area (Å²) in [6, 6.07) is 3.86. The van der Waals surface area contributed by atoms with Gasteiger partial charge in [0.1, 0.15) is 4.88 Å². The van der Waals surface area contributed by atoms with Crippen molar-refractivity contribution in [3.63, 3.8) is 0 Å². The summed E-state index contributed by atoms with van der Waals surface area (Å²) in [5, 5.41) is 2.90. The number of amides is 1. The Morgan fingerprint density at radius 1 is 1.52 bits per heavy atom. The number of hydrogen-bond donors (Lipinski definition) is 1. The monoisotopic (exact) mass is 381 g/mol. The lowest BCUT2D eigenvalue weighted by Gasteiger charge is -2.15. The summed E-state index contributed by atoms with van der Waals surface area (Å²) >= 11 is 6.43. The first kappa shape index (κ1) is 14.5. The van der Waals surface area contributed by atoms with Crippen LogP contribution in [-0.4, -0.2) is 22.8 Å². The quantitative estimate of drug-likeness (QED) is 0.746. The minimum Gasteiger partial charge on any atom is -0.397 e. The number of fused-ring (bicyclic) bond motifs is 1. The Bertz CT molecular complexity index is 812. The minimum absolute atomic E-state index is 0.0572. The lowest BCUT2D eigenvalue weighted by atomic mass is 10.2. The summed E-state index contributed by atoms with van der Waals surface area (Å²) < 4.78 is 1.97. The van der Waals surface area contributed by atoms with Crippen LogP contribution in [0, 0.1) is 0 Å². The van der Waals surface area contributed by atoms with Gasteiger partial charge in [-0.15, -0.1) is 22.7 Å². The second-order valence-corrected chi connectivity index (χ2v) is 7.57. The van der Waals surface area contributed by atoms with Crippen molar-refractivity contribution in [2.45, 2.75) is 6.54 Å². The number of nitrogens with two attached hydrogens (primary N) is 1. The Labute approximate surface area is 138 Å². The molecule has 0 bridgehead atoms. The summed E-state index contributed by atoms with van der Waals surface area (Å²) in [5.41, 5.74) is 6.65. The molecule has 0 aliphatic heterocycles. The standard InChI is InChI=1S/C14H12BrN3OS2/c1-18(6-9-4-8(15)7-20-9)14(19)13-12(16)10-2-3-17-5-11(10)21-13/h2-5,7H,6,16H2,1H3. The first-order valence-electron chi connectivity index (χ1n) is 6.16. The molecule has 0 spiro atoms. The average Bonchev–Trinajstić information content (AvgIpc) is 3.03. The third-order valence-electron chi connectivity index (χ3n) is 3.09. The molecule has 3 rings (SSSR count). The molecule has 3 aromatic rings. The van der Waals surface area contributed by atoms with Crippen LogP contribution in [0.5, 0.6) is 0 Å². The molecule has 1 amide bonds. The van der Waals surface area contributed by atoms with E-state index in [1.54, 1.807) is 35.7 Å². The highest BCUT2D eigenvalue weighted by molar-refractivity contribution is 9.10. The van der Waals surface area contributed by atoms with Gasteiger partial charge in [-0.1, -0.05) is 0 Å². The Hall–Kier alpha value is -1.44. The van der Waals surface area contributed by atoms with Gasteiger partial charge in [0, 0.05) is 39.6 Å². The van der Waals surface area contributed by atoms with Crippen LogP contribution < -0.4 is 5.73 Å². The zero-order chi connectivity index (χ0) is 15.0. The average molecular weight is 382 g/mol. The van der Waals surface area contributed by atoms with E-state index < -0.39 is 0 Å². The number of nitrogens with zero attached hydrogens (tertiary/aromatic N) is 2. The van der Waals surface area contributed by atoms with E-state index in [1.807, 2.05) is 17.5 Å². The van der Waals surface area contributed by atoms with E-state index in [4.69, 9.17) is 5.73 Å². The van der Waals surface area contributed by atoms with E-state index >= 15 is 0 Å². The maximum atomic E-state index is 12.6. The molecule has 4 nitrogen and oxygen atoms in total. The second-order valence-electron chi connectivity index (χ2n) is 4.61. The van der Waals surface area contributed by atoms with Gasteiger partial charge in [-0.05, 0) is 28.1 Å². The van der Waals surface area contributed by atoms with E-state index in [9.17, 15) is 4.79 Å². The van der Waals surface area contributed by atoms with Gasteiger partial charge in [-0.25, -0.2) is 0 Å². The van der Waals surface area contributed by atoms with Crippen molar-refractivity contribution in [2.75, 3.05) is 12.8 Å². The van der Waals surface area contributed by atoms with Crippen molar-refractivity contribution in [1.82, 2.24) is 9.88 Å². The van der Waals surface area contributed by atoms with Gasteiger partial charge < -0.3 is 10.6 Å². The molecule has 3 heterocycles. The minimum atomic E-state index is -0.0572. The van der Waals surface area contributed by atoms with E-state index in [2.05, 4.69) is 20.9 Å². The van der Waals surface area contributed by atoms with Crippen molar-refractivity contribution < 1.29 is 4.79 Å². The molecule has 0 radical (unpaired) electrons. The number of nitrogen functional groups attached to an aromatic ring is 1. The number of carbonyl (C=O) groups excluding carboxylic acids is 1. The summed E-state index contributed by atoms with van der Waals surface area (Å²) in [4.78, 5) is 20.0. The number of rotatable bonds is 3. The molecule has 0 unspecified atom stereocenters. The van der Waals surface area contributed by atoms with Gasteiger partial charge in [0.2, 0.25) is 0 Å². The number of anilines is 1. The number of halogens is 1. The summed E-state index contributed by atoms with van der Waals surface area (Å²) in [7, 11) is 1.79. The molecule has 0 aliphatic carbocycles. The molecule has 0 saturated heterocycles. The van der Waals surface area contributed by atoms with Crippen LogP contribution >= 0.6 is 38.6 Å². The summed E-state index contributed by atoms with van der Waals surface area (Å²) in [5.74, 6) is -0.0572. The van der Waals surface area contributed by atoms with Crippen LogP contribution in [0.1, 0.15) is 14.5 Å². The Morgan fingerprint density at radius 3 is 3.00 bits per heavy atom. The fourth-order valence-electron chi connectivity index (χ4n) is 2.05. The topological polar surface area (TPSA) is 59.2 Å². The maximum absolute atomic E-state index is 12.6. The highest BCUT2D eigenvalue weighted by Gasteiger charge is 2.20. The zero-order valence-corrected chi connectivity index (χ0v) is 14.4. The normalized spacial score (nSPS) is 11.0. The fourth-order valence-corrected chi connectivity index (χ4v) is 4.63. The van der Waals surface area contributed by atoms with Crippen LogP contribution in [0.25, 0.3) is 10.1 Å². The van der Waals surface area contributed by atoms with E-state index in [0.717, 1.165) is 19.4 Å². The van der Waals surface area contributed by atoms with E-state index in [-0.39, 0.29) is 5.91 Å². The van der Waals surface area contributed by atoms with Gasteiger partial charge >= 0.3 is 0 Å². The van der Waals surface area contributed by atoms with Crippen molar-refractivity contribution in [2.24, 2.45) is 0 Å². The van der Waals surface area contributed by atoms with E-state index in [0.29, 0.717) is 17.1 Å². The molecular weight excluding hydrogens is 370 g/mol. The van der Waals surface area contributed by atoms with Gasteiger partial charge in [-0.2, -0.15) is 0 Å². The molecule has 0 atom stereocenters. The van der Waals surface area contributed by atoms with Crippen molar-refractivity contribution in [1.29, 1.82) is 0 Å². The molecule has 21 heavy (non-hydrogen) atoms. The number of hydrogen-bond acceptors (Lipinski definition) is 5. The number of aromatic nitrogens is 1. The predicted octanol–water partition coefficient (Wildman–Crippen LogP) is 3.97.